The lowest BCUT2D eigenvalue weighted by Crippen LogP contribution is -2.59. The van der Waals surface area contributed by atoms with Crippen LogP contribution in [0.2, 0.25) is 10.0 Å². The molecule has 0 spiro atoms. The van der Waals surface area contributed by atoms with Crippen LogP contribution in [0.4, 0.5) is 22.0 Å². The molecule has 232 valence electrons. The number of ketones is 1. The molecule has 1 rings (SSSR count). The van der Waals surface area contributed by atoms with Crippen LogP contribution in [-0.2, 0) is 19.2 Å². The Morgan fingerprint density at radius 1 is 1.00 bits per heavy atom. The van der Waals surface area contributed by atoms with Crippen LogP contribution in [0.1, 0.15) is 20.8 Å². The molecule has 3 amide bonds. The maximum atomic E-state index is 14.5. The summed E-state index contributed by atoms with van der Waals surface area (Å²) >= 11 is 17.7. The number of hydrogen-bond acceptors (Lipinski definition) is 5. The van der Waals surface area contributed by atoms with Crippen molar-refractivity contribution in [1.82, 2.24) is 16.0 Å². The van der Waals surface area contributed by atoms with Crippen LogP contribution >= 0.6 is 34.8 Å². The largest absolute Gasteiger partial charge is 0.484 e. The van der Waals surface area contributed by atoms with Gasteiger partial charge in [-0.2, -0.15) is 22.0 Å². The summed E-state index contributed by atoms with van der Waals surface area (Å²) in [6.45, 7) is 4.98. The van der Waals surface area contributed by atoms with Gasteiger partial charge in [0, 0.05) is 15.1 Å². The average molecular weight is 663 g/mol. The molecule has 3 N–H and O–H groups in total. The van der Waals surface area contributed by atoms with E-state index in [1.807, 2.05) is 5.32 Å². The third-order valence-electron chi connectivity index (χ3n) is 5.17. The number of amides is 3. The second-order valence-electron chi connectivity index (χ2n) is 8.94. The van der Waals surface area contributed by atoms with Crippen LogP contribution in [-0.4, -0.2) is 60.8 Å². The minimum Gasteiger partial charge on any atom is -0.484 e. The number of Topliss-reactive ketones (excluding diaryl/α,β-unsaturated/α-hetero) is 1. The number of halogens is 8. The maximum absolute atomic E-state index is 14.5. The van der Waals surface area contributed by atoms with E-state index in [4.69, 9.17) is 39.5 Å². The van der Waals surface area contributed by atoms with Crippen LogP contribution in [0.3, 0.4) is 0 Å². The smallest absolute Gasteiger partial charge is 0.405 e. The lowest BCUT2D eigenvalue weighted by Gasteiger charge is -2.27. The molecule has 8 nitrogen and oxygen atoms in total. The number of carbonyl (C=O) groups is 4. The number of rotatable bonds is 14. The fourth-order valence-electron chi connectivity index (χ4n) is 3.04. The summed E-state index contributed by atoms with van der Waals surface area (Å²) in [6, 6.07) is 0.386. The van der Waals surface area contributed by atoms with E-state index in [1.54, 1.807) is 6.92 Å². The van der Waals surface area contributed by atoms with E-state index in [1.165, 1.54) is 50.3 Å². The van der Waals surface area contributed by atoms with E-state index in [9.17, 15) is 41.1 Å². The van der Waals surface area contributed by atoms with Crippen molar-refractivity contribution in [2.75, 3.05) is 13.2 Å². The van der Waals surface area contributed by atoms with Gasteiger partial charge < -0.3 is 20.7 Å². The number of carbonyl (C=O) groups excluding carboxylic acids is 4. The van der Waals surface area contributed by atoms with Gasteiger partial charge in [-0.05, 0) is 42.7 Å². The van der Waals surface area contributed by atoms with Crippen molar-refractivity contribution in [3.63, 3.8) is 0 Å². The lowest BCUT2D eigenvalue weighted by atomic mass is 9.94. The molecule has 2 atom stereocenters. The normalized spacial score (nSPS) is 13.9. The fraction of sp³-hybridized carbons (Fsp3) is 0.385. The fourth-order valence-corrected chi connectivity index (χ4v) is 3.61. The molecule has 16 heteroatoms. The lowest BCUT2D eigenvalue weighted by molar-refractivity contribution is -0.165. The molecule has 0 aromatic heterocycles. The van der Waals surface area contributed by atoms with E-state index < -0.39 is 66.8 Å². The van der Waals surface area contributed by atoms with Gasteiger partial charge in [0.15, 0.2) is 6.61 Å². The molecule has 0 aliphatic carbocycles. The van der Waals surface area contributed by atoms with Crippen molar-refractivity contribution in [2.24, 2.45) is 5.92 Å². The van der Waals surface area contributed by atoms with Gasteiger partial charge >= 0.3 is 12.1 Å². The predicted octanol–water partition coefficient (Wildman–Crippen LogP) is 5.14. The SMILES string of the molecule is C=C(/C=C\C(Cl)=C/C)[C@H](NC(=O)COc1cc(Cl)cc(Cl)c1)C(=O)N[C@H](C(=O)C(F)(F)C(=O)NCC(F)(F)F)C(C)C. The Balaban J connectivity index is 3.19. The monoisotopic (exact) mass is 661 g/mol. The molecule has 1 aromatic carbocycles. The Morgan fingerprint density at radius 2 is 1.57 bits per heavy atom. The summed E-state index contributed by atoms with van der Waals surface area (Å²) in [5, 5.41) is 5.89. The van der Waals surface area contributed by atoms with E-state index in [0.717, 1.165) is 5.32 Å². The molecule has 0 heterocycles. The third-order valence-corrected chi connectivity index (χ3v) is 5.95. The summed E-state index contributed by atoms with van der Waals surface area (Å²) in [4.78, 5) is 50.2. The highest BCUT2D eigenvalue weighted by atomic mass is 35.5. The van der Waals surface area contributed by atoms with E-state index in [-0.39, 0.29) is 26.4 Å². The zero-order chi connectivity index (χ0) is 32.4. The Hall–Kier alpha value is -3.16. The Kier molecular flexibility index (Phi) is 14.0. The zero-order valence-corrected chi connectivity index (χ0v) is 24.7. The molecular formula is C26H27Cl3F5N3O5. The van der Waals surface area contributed by atoms with Crippen LogP contribution in [0.5, 0.6) is 5.75 Å². The summed E-state index contributed by atoms with van der Waals surface area (Å²) in [5.74, 6) is -12.7. The molecule has 0 aliphatic heterocycles. The van der Waals surface area contributed by atoms with Gasteiger partial charge in [0.2, 0.25) is 11.7 Å². The highest BCUT2D eigenvalue weighted by Crippen LogP contribution is 2.24. The van der Waals surface area contributed by atoms with Gasteiger partial charge in [0.1, 0.15) is 18.3 Å². The number of nitrogens with one attached hydrogen (secondary N) is 3. The highest BCUT2D eigenvalue weighted by Gasteiger charge is 2.52. The first-order valence-electron chi connectivity index (χ1n) is 11.9. The molecule has 0 unspecified atom stereocenters. The van der Waals surface area contributed by atoms with Crippen molar-refractivity contribution in [3.8, 4) is 5.75 Å². The van der Waals surface area contributed by atoms with Crippen molar-refractivity contribution < 1.29 is 45.9 Å². The topological polar surface area (TPSA) is 114 Å². The minimum atomic E-state index is -5.02. The minimum absolute atomic E-state index is 0.110. The number of hydrogen-bond donors (Lipinski definition) is 3. The summed E-state index contributed by atoms with van der Waals surface area (Å²) in [6.07, 6.45) is -0.985. The number of allylic oxidation sites excluding steroid dienone is 3. The Bertz CT molecular complexity index is 1230. The van der Waals surface area contributed by atoms with Gasteiger partial charge in [-0.1, -0.05) is 67.4 Å². The van der Waals surface area contributed by atoms with E-state index in [0.29, 0.717) is 0 Å². The second kappa shape index (κ2) is 15.9. The quantitative estimate of drug-likeness (QED) is 0.145. The summed E-state index contributed by atoms with van der Waals surface area (Å²) < 4.78 is 71.5. The van der Waals surface area contributed by atoms with Gasteiger partial charge in [0.05, 0.1) is 6.04 Å². The summed E-state index contributed by atoms with van der Waals surface area (Å²) in [7, 11) is 0. The van der Waals surface area contributed by atoms with Crippen LogP contribution < -0.4 is 20.7 Å². The first-order valence-corrected chi connectivity index (χ1v) is 13.1. The van der Waals surface area contributed by atoms with Gasteiger partial charge in [0.25, 0.3) is 11.8 Å². The van der Waals surface area contributed by atoms with Crippen LogP contribution in [0.25, 0.3) is 0 Å². The first kappa shape index (κ1) is 36.9. The number of alkyl halides is 5. The van der Waals surface area contributed by atoms with Crippen LogP contribution in [0.15, 0.2) is 53.6 Å². The molecule has 1 aromatic rings. The third kappa shape index (κ3) is 12.0. The standard InChI is InChI=1S/C26H27Cl3F5N3O5/c1-5-15(27)7-6-14(4)21(36-19(38)11-42-18-9-16(28)8-17(29)10-18)23(40)37-20(13(2)3)22(39)26(33,34)24(41)35-12-25(30,31)32/h5-10,13,20-21H,4,11-12H2,1-3H3,(H,35,41)(H,36,38)(H,37,40)/b7-6-,15-5+/t20-,21-/m0/s1. The number of ether oxygens (including phenoxy) is 1. The van der Waals surface area contributed by atoms with Gasteiger partial charge in [-0.25, -0.2) is 0 Å². The average Bonchev–Trinajstić information content (AvgIpc) is 2.88. The van der Waals surface area contributed by atoms with Crippen LogP contribution in [0, 0.1) is 5.92 Å². The molecule has 0 bridgehead atoms. The zero-order valence-electron chi connectivity index (χ0n) is 22.4. The molecule has 0 fully saturated rings. The van der Waals surface area contributed by atoms with E-state index >= 15 is 0 Å². The van der Waals surface area contributed by atoms with Crippen molar-refractivity contribution in [2.45, 2.75) is 45.0 Å². The van der Waals surface area contributed by atoms with E-state index in [2.05, 4.69) is 11.9 Å². The molecular weight excluding hydrogens is 636 g/mol. The first-order chi connectivity index (χ1) is 19.3. The van der Waals surface area contributed by atoms with Crippen molar-refractivity contribution in [1.29, 1.82) is 0 Å². The van der Waals surface area contributed by atoms with Gasteiger partial charge in [-0.15, -0.1) is 0 Å². The number of benzene rings is 1. The summed E-state index contributed by atoms with van der Waals surface area (Å²) in [5.41, 5.74) is -0.115. The molecule has 0 saturated carbocycles. The van der Waals surface area contributed by atoms with Crippen molar-refractivity contribution >= 4 is 58.3 Å². The Morgan fingerprint density at radius 3 is 2.07 bits per heavy atom. The predicted molar refractivity (Wildman–Crippen MR) is 148 cm³/mol. The molecule has 42 heavy (non-hydrogen) atoms. The van der Waals surface area contributed by atoms with Crippen molar-refractivity contribution in [3.05, 3.63) is 63.7 Å². The second-order valence-corrected chi connectivity index (χ2v) is 10.3. The maximum Gasteiger partial charge on any atom is 0.405 e. The Labute approximate surface area is 253 Å². The molecule has 0 radical (unpaired) electrons. The molecule has 0 aliphatic rings. The highest BCUT2D eigenvalue weighted by molar-refractivity contribution is 6.34. The van der Waals surface area contributed by atoms with Gasteiger partial charge in [-0.3, -0.25) is 19.2 Å². The molecule has 0 saturated heterocycles.